The van der Waals surface area contributed by atoms with Crippen molar-refractivity contribution in [1.29, 1.82) is 0 Å². The summed E-state index contributed by atoms with van der Waals surface area (Å²) in [6, 6.07) is 5.96. The fourth-order valence-electron chi connectivity index (χ4n) is 2.87. The Bertz CT molecular complexity index is 791. The van der Waals surface area contributed by atoms with Gasteiger partial charge in [-0.15, -0.1) is 13.2 Å². The Morgan fingerprint density at radius 1 is 1.04 bits per heavy atom. The summed E-state index contributed by atoms with van der Waals surface area (Å²) in [5, 5.41) is 0. The highest BCUT2D eigenvalue weighted by Gasteiger charge is 2.31. The highest BCUT2D eigenvalue weighted by molar-refractivity contribution is 5.72. The van der Waals surface area contributed by atoms with E-state index in [0.29, 0.717) is 24.3 Å². The first-order valence-electron chi connectivity index (χ1n) is 9.36. The SMILES string of the molecule is CCCCCOc1cc(CC)c(-c2ccc(OC(F)(F)F)cc2OC)nc1C. The van der Waals surface area contributed by atoms with Gasteiger partial charge in [-0.3, -0.25) is 0 Å². The van der Waals surface area contributed by atoms with Crippen molar-refractivity contribution < 1.29 is 27.4 Å². The molecule has 0 saturated carbocycles. The number of benzene rings is 1. The maximum Gasteiger partial charge on any atom is 0.573 e. The van der Waals surface area contributed by atoms with E-state index in [9.17, 15) is 13.2 Å². The maximum atomic E-state index is 12.5. The van der Waals surface area contributed by atoms with E-state index in [4.69, 9.17) is 9.47 Å². The molecule has 1 aromatic heterocycles. The summed E-state index contributed by atoms with van der Waals surface area (Å²) in [5.41, 5.74) is 2.92. The zero-order chi connectivity index (χ0) is 20.7. The third-order valence-electron chi connectivity index (χ3n) is 4.29. The number of unbranched alkanes of at least 4 members (excludes halogenated alkanes) is 2. The van der Waals surface area contributed by atoms with Gasteiger partial charge < -0.3 is 14.2 Å². The minimum Gasteiger partial charge on any atom is -0.496 e. The number of aryl methyl sites for hydroxylation is 2. The molecule has 0 radical (unpaired) electrons. The molecule has 0 N–H and O–H groups in total. The lowest BCUT2D eigenvalue weighted by Gasteiger charge is -2.17. The lowest BCUT2D eigenvalue weighted by molar-refractivity contribution is -0.274. The normalized spacial score (nSPS) is 11.4. The number of rotatable bonds is 9. The second-order valence-electron chi connectivity index (χ2n) is 6.40. The number of alkyl halides is 3. The van der Waals surface area contributed by atoms with Gasteiger partial charge in [-0.25, -0.2) is 4.98 Å². The summed E-state index contributed by atoms with van der Waals surface area (Å²) >= 11 is 0. The standard InChI is InChI=1S/C21H26F3NO3/c1-5-7-8-11-27-18-12-15(6-2)20(25-14(18)3)17-10-9-16(13-19(17)26-4)28-21(22,23)24/h9-10,12-13H,5-8,11H2,1-4H3. The molecule has 0 atom stereocenters. The predicted molar refractivity (Wildman–Crippen MR) is 102 cm³/mol. The van der Waals surface area contributed by atoms with Crippen molar-refractivity contribution in [2.24, 2.45) is 0 Å². The monoisotopic (exact) mass is 397 g/mol. The minimum atomic E-state index is -4.76. The van der Waals surface area contributed by atoms with Crippen LogP contribution in [-0.4, -0.2) is 25.1 Å². The Labute approximate surface area is 163 Å². The molecule has 1 aromatic carbocycles. The van der Waals surface area contributed by atoms with Crippen molar-refractivity contribution in [1.82, 2.24) is 4.98 Å². The largest absolute Gasteiger partial charge is 0.573 e. The molecule has 28 heavy (non-hydrogen) atoms. The number of halogens is 3. The smallest absolute Gasteiger partial charge is 0.496 e. The van der Waals surface area contributed by atoms with Gasteiger partial charge in [-0.05, 0) is 43.5 Å². The van der Waals surface area contributed by atoms with Crippen molar-refractivity contribution in [3.63, 3.8) is 0 Å². The molecule has 0 spiro atoms. The van der Waals surface area contributed by atoms with Gasteiger partial charge in [-0.1, -0.05) is 26.7 Å². The molecule has 0 aliphatic carbocycles. The summed E-state index contributed by atoms with van der Waals surface area (Å²) in [6.07, 6.45) is -0.861. The van der Waals surface area contributed by atoms with Crippen LogP contribution in [0.25, 0.3) is 11.3 Å². The second kappa shape index (κ2) is 9.66. The number of ether oxygens (including phenoxy) is 3. The average molecular weight is 397 g/mol. The number of hydrogen-bond acceptors (Lipinski definition) is 4. The van der Waals surface area contributed by atoms with Gasteiger partial charge in [0.1, 0.15) is 17.2 Å². The Kier molecular flexibility index (Phi) is 7.54. The van der Waals surface area contributed by atoms with Crippen LogP contribution in [0.5, 0.6) is 17.2 Å². The van der Waals surface area contributed by atoms with Crippen molar-refractivity contribution in [2.45, 2.75) is 52.8 Å². The average Bonchev–Trinajstić information content (AvgIpc) is 2.64. The molecule has 1 heterocycles. The van der Waals surface area contributed by atoms with E-state index in [1.54, 1.807) is 0 Å². The second-order valence-corrected chi connectivity index (χ2v) is 6.40. The van der Waals surface area contributed by atoms with Gasteiger partial charge in [0.05, 0.1) is 25.1 Å². The zero-order valence-electron chi connectivity index (χ0n) is 16.7. The quantitative estimate of drug-likeness (QED) is 0.480. The number of aromatic nitrogens is 1. The van der Waals surface area contributed by atoms with Crippen LogP contribution in [0.2, 0.25) is 0 Å². The fraction of sp³-hybridized carbons (Fsp3) is 0.476. The lowest BCUT2D eigenvalue weighted by atomic mass is 10.0. The maximum absolute atomic E-state index is 12.5. The van der Waals surface area contributed by atoms with Crippen molar-refractivity contribution in [2.75, 3.05) is 13.7 Å². The molecule has 2 aromatic rings. The molecule has 0 fully saturated rings. The van der Waals surface area contributed by atoms with Crippen molar-refractivity contribution in [3.05, 3.63) is 35.5 Å². The first-order valence-corrected chi connectivity index (χ1v) is 9.36. The van der Waals surface area contributed by atoms with E-state index in [-0.39, 0.29) is 11.5 Å². The van der Waals surface area contributed by atoms with Crippen LogP contribution in [0.15, 0.2) is 24.3 Å². The highest BCUT2D eigenvalue weighted by Crippen LogP contribution is 2.37. The first kappa shape index (κ1) is 21.9. The van der Waals surface area contributed by atoms with Gasteiger partial charge >= 0.3 is 6.36 Å². The lowest BCUT2D eigenvalue weighted by Crippen LogP contribution is -2.17. The van der Waals surface area contributed by atoms with Gasteiger partial charge in [0.15, 0.2) is 0 Å². The van der Waals surface area contributed by atoms with E-state index >= 15 is 0 Å². The van der Waals surface area contributed by atoms with Crippen LogP contribution >= 0.6 is 0 Å². The number of nitrogens with zero attached hydrogens (tertiary/aromatic N) is 1. The third kappa shape index (κ3) is 5.78. The Morgan fingerprint density at radius 2 is 1.79 bits per heavy atom. The van der Waals surface area contributed by atoms with E-state index in [1.807, 2.05) is 19.9 Å². The molecule has 0 saturated heterocycles. The van der Waals surface area contributed by atoms with E-state index < -0.39 is 6.36 Å². The summed E-state index contributed by atoms with van der Waals surface area (Å²) in [7, 11) is 1.40. The minimum absolute atomic E-state index is 0.264. The summed E-state index contributed by atoms with van der Waals surface area (Å²) in [5.74, 6) is 0.659. The first-order chi connectivity index (χ1) is 13.3. The Hall–Kier alpha value is -2.44. The number of methoxy groups -OCH3 is 1. The predicted octanol–water partition coefficient (Wildman–Crippen LogP) is 6.10. The van der Waals surface area contributed by atoms with Crippen molar-refractivity contribution in [3.8, 4) is 28.5 Å². The van der Waals surface area contributed by atoms with E-state index in [1.165, 1.54) is 25.3 Å². The molecule has 0 bridgehead atoms. The summed E-state index contributed by atoms with van der Waals surface area (Å²) in [6.45, 7) is 6.61. The molecule has 0 amide bonds. The van der Waals surface area contributed by atoms with Crippen LogP contribution in [0, 0.1) is 6.92 Å². The molecule has 0 unspecified atom stereocenters. The van der Waals surface area contributed by atoms with Crippen LogP contribution in [0.3, 0.4) is 0 Å². The molecular formula is C21H26F3NO3. The molecule has 7 heteroatoms. The molecular weight excluding hydrogens is 371 g/mol. The van der Waals surface area contributed by atoms with Crippen LogP contribution < -0.4 is 14.2 Å². The molecule has 0 aliphatic heterocycles. The summed E-state index contributed by atoms with van der Waals surface area (Å²) in [4.78, 5) is 4.66. The van der Waals surface area contributed by atoms with Crippen LogP contribution in [-0.2, 0) is 6.42 Å². The summed E-state index contributed by atoms with van der Waals surface area (Å²) < 4.78 is 52.6. The van der Waals surface area contributed by atoms with Gasteiger partial charge in [0.25, 0.3) is 0 Å². The Morgan fingerprint density at radius 3 is 2.39 bits per heavy atom. The van der Waals surface area contributed by atoms with Gasteiger partial charge in [0, 0.05) is 11.6 Å². The molecule has 154 valence electrons. The molecule has 4 nitrogen and oxygen atoms in total. The van der Waals surface area contributed by atoms with E-state index in [2.05, 4.69) is 16.6 Å². The molecule has 0 aliphatic rings. The zero-order valence-corrected chi connectivity index (χ0v) is 16.7. The third-order valence-corrected chi connectivity index (χ3v) is 4.29. The number of pyridine rings is 1. The van der Waals surface area contributed by atoms with Crippen molar-refractivity contribution >= 4 is 0 Å². The fourth-order valence-corrected chi connectivity index (χ4v) is 2.87. The van der Waals surface area contributed by atoms with Gasteiger partial charge in [-0.2, -0.15) is 0 Å². The van der Waals surface area contributed by atoms with Crippen LogP contribution in [0.4, 0.5) is 13.2 Å². The Balaban J connectivity index is 2.36. The van der Waals surface area contributed by atoms with E-state index in [0.717, 1.165) is 36.3 Å². The van der Waals surface area contributed by atoms with Crippen LogP contribution in [0.1, 0.15) is 44.4 Å². The molecule has 2 rings (SSSR count). The topological polar surface area (TPSA) is 40.6 Å². The number of hydrogen-bond donors (Lipinski definition) is 0. The van der Waals surface area contributed by atoms with Gasteiger partial charge in [0.2, 0.25) is 0 Å². The highest BCUT2D eigenvalue weighted by atomic mass is 19.4.